The molecule has 0 radical (unpaired) electrons. The molecule has 2 aromatic carbocycles. The molecule has 34 heavy (non-hydrogen) atoms. The molecule has 0 saturated heterocycles. The standard InChI is InChI=1S/C23H34O8P2.Na.H/c1-14-9-16(20(30-32(24,25)26)18(11-14)22(3,4)5)13-17-10-15(2)12-19(23(6,7)8)21(17)31-33(27,28)29;;/h9-12H,13H2,1-8H3,(H2,24,25,26)(H2,27,28,29);;. The zero-order valence-corrected chi connectivity index (χ0v) is 22.1. The van der Waals surface area contributed by atoms with Gasteiger partial charge in [0.25, 0.3) is 0 Å². The van der Waals surface area contributed by atoms with Crippen molar-refractivity contribution >= 4 is 45.2 Å². The second-order valence-electron chi connectivity index (χ2n) is 10.4. The first-order chi connectivity index (χ1) is 14.7. The van der Waals surface area contributed by atoms with Crippen molar-refractivity contribution < 1.29 is 37.8 Å². The number of rotatable bonds is 6. The van der Waals surface area contributed by atoms with E-state index in [1.807, 2.05) is 67.5 Å². The fourth-order valence-corrected chi connectivity index (χ4v) is 4.64. The number of phosphoric acid groups is 2. The van der Waals surface area contributed by atoms with Gasteiger partial charge in [0.1, 0.15) is 11.5 Å². The van der Waals surface area contributed by atoms with Crippen LogP contribution in [0, 0.1) is 13.8 Å². The van der Waals surface area contributed by atoms with E-state index in [2.05, 4.69) is 0 Å². The van der Waals surface area contributed by atoms with E-state index in [9.17, 15) is 28.7 Å². The van der Waals surface area contributed by atoms with Gasteiger partial charge in [-0.3, -0.25) is 19.6 Å². The van der Waals surface area contributed by atoms with Crippen molar-refractivity contribution in [2.24, 2.45) is 0 Å². The molecule has 0 amide bonds. The Bertz CT molecular complexity index is 1050. The number of benzene rings is 2. The first-order valence-corrected chi connectivity index (χ1v) is 13.5. The van der Waals surface area contributed by atoms with E-state index in [0.717, 1.165) is 11.1 Å². The van der Waals surface area contributed by atoms with Crippen molar-refractivity contribution in [3.63, 3.8) is 0 Å². The average Bonchev–Trinajstić information content (AvgIpc) is 2.55. The van der Waals surface area contributed by atoms with Crippen molar-refractivity contribution in [3.8, 4) is 11.5 Å². The van der Waals surface area contributed by atoms with E-state index in [-0.39, 0.29) is 47.5 Å². The van der Waals surface area contributed by atoms with Crippen molar-refractivity contribution in [2.75, 3.05) is 0 Å². The molecule has 0 aliphatic carbocycles. The van der Waals surface area contributed by atoms with Crippen molar-refractivity contribution in [1.82, 2.24) is 0 Å². The van der Waals surface area contributed by atoms with Gasteiger partial charge in [-0.05, 0) is 35.8 Å². The molecular weight excluding hydrogens is 489 g/mol. The van der Waals surface area contributed by atoms with Gasteiger partial charge in [0.15, 0.2) is 0 Å². The Morgan fingerprint density at radius 3 is 1.21 bits per heavy atom. The SMILES string of the molecule is Cc1cc(Cc2cc(C)cc(C(C)(C)C)c2OP(=O)(O)O)c(OP(=O)(O)O)c(C(C)(C)C)c1.[NaH]. The van der Waals surface area contributed by atoms with E-state index >= 15 is 0 Å². The molecule has 2 aromatic rings. The Balaban J connectivity index is 0.00000578. The summed E-state index contributed by atoms with van der Waals surface area (Å²) in [5.41, 5.74) is 2.92. The third-order valence-corrected chi connectivity index (χ3v) is 5.88. The van der Waals surface area contributed by atoms with Crippen LogP contribution >= 0.6 is 15.6 Å². The number of phosphoric ester groups is 2. The van der Waals surface area contributed by atoms with Crippen molar-refractivity contribution in [3.05, 3.63) is 57.6 Å². The topological polar surface area (TPSA) is 134 Å². The molecule has 0 heterocycles. The molecule has 0 aliphatic heterocycles. The minimum atomic E-state index is -4.88. The van der Waals surface area contributed by atoms with Crippen LogP contribution in [0.25, 0.3) is 0 Å². The average molecular weight is 524 g/mol. The Morgan fingerprint density at radius 1 is 0.676 bits per heavy atom. The number of hydrogen-bond donors (Lipinski definition) is 4. The van der Waals surface area contributed by atoms with Crippen LogP contribution in [-0.4, -0.2) is 49.1 Å². The molecule has 4 N–H and O–H groups in total. The molecular formula is C23H35NaO8P2. The molecule has 0 spiro atoms. The fraction of sp³-hybridized carbons (Fsp3) is 0.478. The summed E-state index contributed by atoms with van der Waals surface area (Å²) in [5, 5.41) is 0. The van der Waals surface area contributed by atoms with Gasteiger partial charge in [0, 0.05) is 17.5 Å². The van der Waals surface area contributed by atoms with Crippen LogP contribution in [0.15, 0.2) is 24.3 Å². The zero-order chi connectivity index (χ0) is 25.6. The van der Waals surface area contributed by atoms with Crippen LogP contribution in [0.1, 0.15) is 74.9 Å². The molecule has 2 rings (SSSR count). The van der Waals surface area contributed by atoms with Gasteiger partial charge < -0.3 is 9.05 Å². The van der Waals surface area contributed by atoms with Crippen molar-refractivity contribution in [2.45, 2.75) is 72.6 Å². The number of aryl methyl sites for hydroxylation is 2. The molecule has 0 unspecified atom stereocenters. The second kappa shape index (κ2) is 10.8. The summed E-state index contributed by atoms with van der Waals surface area (Å²) in [6.07, 6.45) is 0.0835. The first-order valence-electron chi connectivity index (χ1n) is 10.5. The molecule has 0 aliphatic rings. The van der Waals surface area contributed by atoms with Gasteiger partial charge in [-0.25, -0.2) is 9.13 Å². The van der Waals surface area contributed by atoms with Gasteiger partial charge in [0.2, 0.25) is 0 Å². The summed E-state index contributed by atoms with van der Waals surface area (Å²) >= 11 is 0. The number of hydrogen-bond acceptors (Lipinski definition) is 4. The summed E-state index contributed by atoms with van der Waals surface area (Å²) < 4.78 is 33.9. The van der Waals surface area contributed by atoms with Gasteiger partial charge >= 0.3 is 45.2 Å². The van der Waals surface area contributed by atoms with Crippen LogP contribution < -0.4 is 9.05 Å². The van der Waals surface area contributed by atoms with E-state index in [0.29, 0.717) is 22.3 Å². The quantitative estimate of drug-likeness (QED) is 0.313. The summed E-state index contributed by atoms with van der Waals surface area (Å²) in [5.74, 6) is 0.116. The van der Waals surface area contributed by atoms with Gasteiger partial charge in [-0.1, -0.05) is 76.9 Å². The van der Waals surface area contributed by atoms with Crippen LogP contribution in [0.5, 0.6) is 11.5 Å². The van der Waals surface area contributed by atoms with E-state index in [1.54, 1.807) is 12.1 Å². The third kappa shape index (κ3) is 8.77. The maximum absolute atomic E-state index is 11.8. The molecule has 0 aromatic heterocycles. The Morgan fingerprint density at radius 2 is 0.971 bits per heavy atom. The normalized spacial score (nSPS) is 12.8. The van der Waals surface area contributed by atoms with E-state index < -0.39 is 26.5 Å². The molecule has 0 atom stereocenters. The van der Waals surface area contributed by atoms with Gasteiger partial charge in [0.05, 0.1) is 0 Å². The molecule has 0 bridgehead atoms. The molecule has 8 nitrogen and oxygen atoms in total. The van der Waals surface area contributed by atoms with Crippen LogP contribution in [-0.2, 0) is 26.4 Å². The minimum absolute atomic E-state index is 0. The summed E-state index contributed by atoms with van der Waals surface area (Å²) in [6.45, 7) is 15.2. The van der Waals surface area contributed by atoms with E-state index in [4.69, 9.17) is 9.05 Å². The summed E-state index contributed by atoms with van der Waals surface area (Å²) in [6, 6.07) is 7.14. The second-order valence-corrected chi connectivity index (χ2v) is 12.8. The molecule has 0 fully saturated rings. The maximum atomic E-state index is 11.8. The van der Waals surface area contributed by atoms with Gasteiger partial charge in [-0.15, -0.1) is 0 Å². The third-order valence-electron chi connectivity index (χ3n) is 5.04. The predicted molar refractivity (Wildman–Crippen MR) is 135 cm³/mol. The zero-order valence-electron chi connectivity index (χ0n) is 20.3. The molecule has 0 saturated carbocycles. The summed E-state index contributed by atoms with van der Waals surface area (Å²) in [4.78, 5) is 38.3. The molecule has 11 heteroatoms. The van der Waals surface area contributed by atoms with Crippen LogP contribution in [0.2, 0.25) is 0 Å². The molecule has 186 valence electrons. The first kappa shape index (κ1) is 31.4. The van der Waals surface area contributed by atoms with Gasteiger partial charge in [-0.2, -0.15) is 0 Å². The van der Waals surface area contributed by atoms with E-state index in [1.165, 1.54) is 0 Å². The Hall–Kier alpha value is -0.660. The van der Waals surface area contributed by atoms with Crippen LogP contribution in [0.4, 0.5) is 0 Å². The predicted octanol–water partition coefficient (Wildman–Crippen LogP) is 4.78. The van der Waals surface area contributed by atoms with Crippen LogP contribution in [0.3, 0.4) is 0 Å². The van der Waals surface area contributed by atoms with Crippen molar-refractivity contribution in [1.29, 1.82) is 0 Å². The fourth-order valence-electron chi connectivity index (χ4n) is 3.73. The summed E-state index contributed by atoms with van der Waals surface area (Å²) in [7, 11) is -9.76. The Kier molecular flexibility index (Phi) is 9.93. The monoisotopic (exact) mass is 524 g/mol. The Labute approximate surface area is 223 Å².